The molecule has 1 nitrogen and oxygen atoms in total. The summed E-state index contributed by atoms with van der Waals surface area (Å²) in [4.78, 5) is 1.20. The third-order valence-electron chi connectivity index (χ3n) is 3.28. The smallest absolute Gasteiger partial charge is 0.123 e. The number of hydrogen-bond donors (Lipinski definition) is 1. The first-order valence-corrected chi connectivity index (χ1v) is 7.66. The van der Waals surface area contributed by atoms with E-state index in [0.29, 0.717) is 12.2 Å². The lowest BCUT2D eigenvalue weighted by atomic mass is 10.0. The average molecular weight is 290 g/mol. The van der Waals surface area contributed by atoms with E-state index in [9.17, 15) is 9.50 Å². The summed E-state index contributed by atoms with van der Waals surface area (Å²) in [6, 6.07) is 12.9. The van der Waals surface area contributed by atoms with Crippen LogP contribution in [0.1, 0.15) is 16.7 Å². The summed E-state index contributed by atoms with van der Waals surface area (Å²) in [6.07, 6.45) is 0.133. The monoisotopic (exact) mass is 290 g/mol. The van der Waals surface area contributed by atoms with Crippen molar-refractivity contribution in [2.45, 2.75) is 31.3 Å². The van der Waals surface area contributed by atoms with E-state index in [1.165, 1.54) is 22.6 Å². The molecule has 2 aromatic carbocycles. The summed E-state index contributed by atoms with van der Waals surface area (Å²) >= 11 is 1.66. The van der Waals surface area contributed by atoms with Gasteiger partial charge in [-0.2, -0.15) is 0 Å². The van der Waals surface area contributed by atoms with E-state index >= 15 is 0 Å². The van der Waals surface area contributed by atoms with Gasteiger partial charge in [0.1, 0.15) is 5.82 Å². The van der Waals surface area contributed by atoms with Crippen molar-refractivity contribution in [3.63, 3.8) is 0 Å². The molecule has 0 heterocycles. The van der Waals surface area contributed by atoms with Gasteiger partial charge in [-0.3, -0.25) is 0 Å². The van der Waals surface area contributed by atoms with Gasteiger partial charge in [0.2, 0.25) is 0 Å². The van der Waals surface area contributed by atoms with Crippen molar-refractivity contribution in [3.8, 4) is 0 Å². The fourth-order valence-corrected chi connectivity index (χ4v) is 3.07. The Hall–Kier alpha value is -1.32. The highest BCUT2D eigenvalue weighted by molar-refractivity contribution is 7.99. The highest BCUT2D eigenvalue weighted by atomic mass is 32.2. The van der Waals surface area contributed by atoms with E-state index in [4.69, 9.17) is 0 Å². The zero-order chi connectivity index (χ0) is 14.5. The third kappa shape index (κ3) is 4.09. The Kier molecular flexibility index (Phi) is 5.21. The Morgan fingerprint density at radius 1 is 1.10 bits per heavy atom. The second-order valence-electron chi connectivity index (χ2n) is 5.01. The van der Waals surface area contributed by atoms with Crippen molar-refractivity contribution in [1.82, 2.24) is 0 Å². The van der Waals surface area contributed by atoms with Crippen LogP contribution in [0.25, 0.3) is 0 Å². The topological polar surface area (TPSA) is 20.2 Å². The molecule has 0 radical (unpaired) electrons. The molecule has 106 valence electrons. The molecule has 0 bridgehead atoms. The normalized spacial score (nSPS) is 12.4. The highest BCUT2D eigenvalue weighted by Crippen LogP contribution is 2.23. The maximum atomic E-state index is 13.0. The predicted octanol–water partition coefficient (Wildman–Crippen LogP) is 4.14. The number of halogens is 1. The van der Waals surface area contributed by atoms with Crippen molar-refractivity contribution in [1.29, 1.82) is 0 Å². The first-order valence-electron chi connectivity index (χ1n) is 6.68. The summed E-state index contributed by atoms with van der Waals surface area (Å²) < 4.78 is 13.0. The van der Waals surface area contributed by atoms with Crippen LogP contribution in [-0.2, 0) is 6.42 Å². The molecule has 2 rings (SSSR count). The Balaban J connectivity index is 1.92. The first kappa shape index (κ1) is 15.1. The summed E-state index contributed by atoms with van der Waals surface area (Å²) in [5.74, 6) is 0.414. The molecule has 0 aliphatic heterocycles. The second-order valence-corrected chi connectivity index (χ2v) is 6.07. The molecule has 2 aromatic rings. The standard InChI is InChI=1S/C17H19FOS/c1-12-5-3-4-6-17(12)20-11-16(19)10-14-7-8-15(18)9-13(14)2/h3-9,16,19H,10-11H2,1-2H3. The van der Waals surface area contributed by atoms with Gasteiger partial charge >= 0.3 is 0 Å². The van der Waals surface area contributed by atoms with Gasteiger partial charge in [0.05, 0.1) is 6.10 Å². The van der Waals surface area contributed by atoms with E-state index in [1.807, 2.05) is 19.1 Å². The molecule has 0 saturated carbocycles. The largest absolute Gasteiger partial charge is 0.392 e. The number of aliphatic hydroxyl groups is 1. The lowest BCUT2D eigenvalue weighted by Crippen LogP contribution is -2.14. The van der Waals surface area contributed by atoms with Crippen LogP contribution in [0.4, 0.5) is 4.39 Å². The molecule has 0 aliphatic rings. The van der Waals surface area contributed by atoms with E-state index in [1.54, 1.807) is 17.8 Å². The van der Waals surface area contributed by atoms with Crippen molar-refractivity contribution in [3.05, 3.63) is 65.0 Å². The second kappa shape index (κ2) is 6.91. The van der Waals surface area contributed by atoms with Crippen LogP contribution in [0.5, 0.6) is 0 Å². The molecule has 0 fully saturated rings. The first-order chi connectivity index (χ1) is 9.56. The lowest BCUT2D eigenvalue weighted by molar-refractivity contribution is 0.200. The van der Waals surface area contributed by atoms with Crippen LogP contribution >= 0.6 is 11.8 Å². The summed E-state index contributed by atoms with van der Waals surface area (Å²) in [5, 5.41) is 10.1. The molecule has 1 unspecified atom stereocenters. The van der Waals surface area contributed by atoms with E-state index < -0.39 is 6.10 Å². The Bertz CT molecular complexity index is 583. The lowest BCUT2D eigenvalue weighted by Gasteiger charge is -2.13. The number of aryl methyl sites for hydroxylation is 2. The molecule has 1 atom stereocenters. The zero-order valence-corrected chi connectivity index (χ0v) is 12.6. The average Bonchev–Trinajstić information content (AvgIpc) is 2.41. The van der Waals surface area contributed by atoms with Gasteiger partial charge in [-0.25, -0.2) is 4.39 Å². The van der Waals surface area contributed by atoms with Gasteiger partial charge in [-0.1, -0.05) is 24.3 Å². The Labute approximate surface area is 123 Å². The molecule has 0 aliphatic carbocycles. The molecular weight excluding hydrogens is 271 g/mol. The molecule has 0 amide bonds. The Morgan fingerprint density at radius 2 is 1.85 bits per heavy atom. The molecule has 3 heteroatoms. The van der Waals surface area contributed by atoms with Gasteiger partial charge in [0, 0.05) is 10.6 Å². The van der Waals surface area contributed by atoms with Crippen LogP contribution in [0.2, 0.25) is 0 Å². The zero-order valence-electron chi connectivity index (χ0n) is 11.8. The fraction of sp³-hybridized carbons (Fsp3) is 0.294. The minimum absolute atomic E-state index is 0.227. The van der Waals surface area contributed by atoms with Crippen molar-refractivity contribution in [2.75, 3.05) is 5.75 Å². The minimum Gasteiger partial charge on any atom is -0.392 e. The van der Waals surface area contributed by atoms with Gasteiger partial charge in [-0.05, 0) is 55.2 Å². The fourth-order valence-electron chi connectivity index (χ4n) is 2.11. The molecule has 20 heavy (non-hydrogen) atoms. The predicted molar refractivity (Wildman–Crippen MR) is 82.8 cm³/mol. The maximum Gasteiger partial charge on any atom is 0.123 e. The number of benzene rings is 2. The number of thioether (sulfide) groups is 1. The van der Waals surface area contributed by atoms with Gasteiger partial charge < -0.3 is 5.11 Å². The highest BCUT2D eigenvalue weighted by Gasteiger charge is 2.09. The van der Waals surface area contributed by atoms with Gasteiger partial charge in [-0.15, -0.1) is 11.8 Å². The van der Waals surface area contributed by atoms with E-state index in [-0.39, 0.29) is 5.82 Å². The van der Waals surface area contributed by atoms with Crippen LogP contribution in [0, 0.1) is 19.7 Å². The molecule has 0 saturated heterocycles. The van der Waals surface area contributed by atoms with Crippen LogP contribution in [-0.4, -0.2) is 17.0 Å². The molecule has 1 N–H and O–H groups in total. The summed E-state index contributed by atoms with van der Waals surface area (Å²) in [5.41, 5.74) is 3.12. The SMILES string of the molecule is Cc1cc(F)ccc1CC(O)CSc1ccccc1C. The van der Waals surface area contributed by atoms with Gasteiger partial charge in [0.25, 0.3) is 0 Å². The van der Waals surface area contributed by atoms with Crippen LogP contribution in [0.3, 0.4) is 0 Å². The summed E-state index contributed by atoms with van der Waals surface area (Å²) in [6.45, 7) is 3.94. The van der Waals surface area contributed by atoms with Crippen LogP contribution < -0.4 is 0 Å². The quantitative estimate of drug-likeness (QED) is 0.835. The maximum absolute atomic E-state index is 13.0. The van der Waals surface area contributed by atoms with E-state index in [0.717, 1.165) is 11.1 Å². The molecular formula is C17H19FOS. The molecule has 0 spiro atoms. The number of hydrogen-bond acceptors (Lipinski definition) is 2. The Morgan fingerprint density at radius 3 is 2.55 bits per heavy atom. The van der Waals surface area contributed by atoms with Crippen LogP contribution in [0.15, 0.2) is 47.4 Å². The van der Waals surface area contributed by atoms with E-state index in [2.05, 4.69) is 19.1 Å². The summed E-state index contributed by atoms with van der Waals surface area (Å²) in [7, 11) is 0. The minimum atomic E-state index is -0.427. The number of aliphatic hydroxyl groups excluding tert-OH is 1. The van der Waals surface area contributed by atoms with Gasteiger partial charge in [0.15, 0.2) is 0 Å². The van der Waals surface area contributed by atoms with Crippen molar-refractivity contribution < 1.29 is 9.50 Å². The third-order valence-corrected chi connectivity index (χ3v) is 4.61. The molecule has 0 aromatic heterocycles. The number of rotatable bonds is 5. The van der Waals surface area contributed by atoms with Crippen molar-refractivity contribution in [2.24, 2.45) is 0 Å². The van der Waals surface area contributed by atoms with Crippen molar-refractivity contribution >= 4 is 11.8 Å².